The van der Waals surface area contributed by atoms with Gasteiger partial charge in [0.05, 0.1) is 16.0 Å². The highest BCUT2D eigenvalue weighted by Gasteiger charge is 2.12. The molecular weight excluding hydrogens is 382 g/mol. The fourth-order valence-corrected chi connectivity index (χ4v) is 4.23. The van der Waals surface area contributed by atoms with Crippen LogP contribution in [0.1, 0.15) is 0 Å². The van der Waals surface area contributed by atoms with E-state index in [1.54, 1.807) is 24.7 Å². The number of hydrogen-bond donors (Lipinski definition) is 1. The monoisotopic (exact) mass is 393 g/mol. The van der Waals surface area contributed by atoms with E-state index in [4.69, 9.17) is 0 Å². The second kappa shape index (κ2) is 6.76. The third kappa shape index (κ3) is 3.31. The van der Waals surface area contributed by atoms with Crippen molar-refractivity contribution in [2.75, 3.05) is 12.8 Å². The minimum atomic E-state index is -0.0125. The number of nitrogens with zero attached hydrogens (tertiary/aromatic N) is 2. The van der Waals surface area contributed by atoms with Gasteiger partial charge in [-0.2, -0.15) is 0 Å². The van der Waals surface area contributed by atoms with Crippen molar-refractivity contribution in [2.24, 2.45) is 0 Å². The molecule has 2 heterocycles. The molecule has 0 aliphatic heterocycles. The second-order valence-electron chi connectivity index (χ2n) is 4.47. The molecule has 1 aromatic carbocycles. The van der Waals surface area contributed by atoms with Gasteiger partial charge in [0.2, 0.25) is 5.91 Å². The zero-order chi connectivity index (χ0) is 15.5. The highest BCUT2D eigenvalue weighted by atomic mass is 79.9. The normalized spacial score (nSPS) is 10.8. The Kier molecular flexibility index (Phi) is 4.75. The summed E-state index contributed by atoms with van der Waals surface area (Å²) in [6.07, 6.45) is 1.55. The summed E-state index contributed by atoms with van der Waals surface area (Å²) in [5, 5.41) is 3.46. The van der Waals surface area contributed by atoms with Crippen molar-refractivity contribution < 1.29 is 4.79 Å². The summed E-state index contributed by atoms with van der Waals surface area (Å²) in [5.74, 6) is 0.343. The first-order chi connectivity index (χ1) is 10.7. The van der Waals surface area contributed by atoms with Gasteiger partial charge in [-0.05, 0) is 23.8 Å². The Hall–Kier alpha value is -1.44. The molecule has 0 saturated heterocycles. The Bertz CT molecular complexity index is 817. The number of thiophene rings is 1. The van der Waals surface area contributed by atoms with Crippen molar-refractivity contribution in [1.29, 1.82) is 0 Å². The van der Waals surface area contributed by atoms with Crippen LogP contribution in [0.4, 0.5) is 0 Å². The van der Waals surface area contributed by atoms with Crippen molar-refractivity contribution in [3.05, 3.63) is 41.1 Å². The first kappa shape index (κ1) is 15.5. The number of amides is 1. The summed E-state index contributed by atoms with van der Waals surface area (Å²) in [6.45, 7) is 0. The molecule has 0 saturated carbocycles. The Balaban J connectivity index is 1.95. The number of thioether (sulfide) groups is 1. The predicted molar refractivity (Wildman–Crippen MR) is 95.3 cm³/mol. The van der Waals surface area contributed by atoms with Crippen LogP contribution in [0.5, 0.6) is 0 Å². The van der Waals surface area contributed by atoms with Gasteiger partial charge >= 0.3 is 0 Å². The fraction of sp³-hybridized carbons (Fsp3) is 0.133. The summed E-state index contributed by atoms with van der Waals surface area (Å²) in [4.78, 5) is 21.2. The number of nitrogens with one attached hydrogen (secondary N) is 1. The molecule has 0 fully saturated rings. The summed E-state index contributed by atoms with van der Waals surface area (Å²) in [7, 11) is 1.63. The van der Waals surface area contributed by atoms with Gasteiger partial charge in [-0.15, -0.1) is 11.3 Å². The van der Waals surface area contributed by atoms with E-state index in [9.17, 15) is 4.79 Å². The van der Waals surface area contributed by atoms with Crippen LogP contribution < -0.4 is 5.32 Å². The van der Waals surface area contributed by atoms with E-state index < -0.39 is 0 Å². The second-order valence-corrected chi connectivity index (χ2v) is 7.40. The zero-order valence-electron chi connectivity index (χ0n) is 11.7. The van der Waals surface area contributed by atoms with Gasteiger partial charge in [-0.25, -0.2) is 9.97 Å². The maximum absolute atomic E-state index is 11.4. The third-order valence-corrected chi connectivity index (χ3v) is 5.85. The SMILES string of the molecule is CNC(=O)CSc1ncnc2cc(-c3ccc(Br)cc3)sc12. The molecule has 0 atom stereocenters. The molecule has 7 heteroatoms. The van der Waals surface area contributed by atoms with Crippen molar-refractivity contribution >= 4 is 55.2 Å². The van der Waals surface area contributed by atoms with E-state index in [-0.39, 0.29) is 5.91 Å². The van der Waals surface area contributed by atoms with Crippen molar-refractivity contribution in [2.45, 2.75) is 5.03 Å². The number of carbonyl (C=O) groups excluding carboxylic acids is 1. The topological polar surface area (TPSA) is 54.9 Å². The van der Waals surface area contributed by atoms with E-state index in [2.05, 4.69) is 49.4 Å². The van der Waals surface area contributed by atoms with E-state index in [1.807, 2.05) is 12.1 Å². The van der Waals surface area contributed by atoms with Crippen LogP contribution in [0.15, 0.2) is 46.2 Å². The number of benzene rings is 1. The maximum atomic E-state index is 11.4. The van der Waals surface area contributed by atoms with E-state index >= 15 is 0 Å². The Morgan fingerprint density at radius 2 is 2.09 bits per heavy atom. The number of carbonyl (C=O) groups is 1. The van der Waals surface area contributed by atoms with E-state index in [0.29, 0.717) is 5.75 Å². The molecule has 0 aliphatic carbocycles. The summed E-state index contributed by atoms with van der Waals surface area (Å²) in [6, 6.07) is 10.2. The van der Waals surface area contributed by atoms with Crippen LogP contribution in [-0.2, 0) is 4.79 Å². The Morgan fingerprint density at radius 3 is 2.82 bits per heavy atom. The van der Waals surface area contributed by atoms with Gasteiger partial charge in [-0.3, -0.25) is 4.79 Å². The minimum Gasteiger partial charge on any atom is -0.358 e. The van der Waals surface area contributed by atoms with Crippen LogP contribution in [-0.4, -0.2) is 28.7 Å². The zero-order valence-corrected chi connectivity index (χ0v) is 14.9. The smallest absolute Gasteiger partial charge is 0.230 e. The number of rotatable bonds is 4. The molecule has 1 N–H and O–H groups in total. The molecule has 0 bridgehead atoms. The molecule has 22 heavy (non-hydrogen) atoms. The van der Waals surface area contributed by atoms with Gasteiger partial charge in [-0.1, -0.05) is 39.8 Å². The first-order valence-electron chi connectivity index (χ1n) is 6.51. The van der Waals surface area contributed by atoms with Crippen LogP contribution in [0, 0.1) is 0 Å². The lowest BCUT2D eigenvalue weighted by Gasteiger charge is -2.00. The number of halogens is 1. The van der Waals surface area contributed by atoms with Crippen LogP contribution in [0.3, 0.4) is 0 Å². The van der Waals surface area contributed by atoms with Gasteiger partial charge < -0.3 is 5.32 Å². The highest BCUT2D eigenvalue weighted by molar-refractivity contribution is 9.10. The molecule has 3 aromatic rings. The molecule has 2 aromatic heterocycles. The van der Waals surface area contributed by atoms with Gasteiger partial charge in [0.25, 0.3) is 0 Å². The molecule has 0 unspecified atom stereocenters. The molecule has 3 rings (SSSR count). The van der Waals surface area contributed by atoms with E-state index in [0.717, 1.165) is 30.2 Å². The van der Waals surface area contributed by atoms with Crippen LogP contribution in [0.25, 0.3) is 20.7 Å². The molecule has 0 aliphatic rings. The lowest BCUT2D eigenvalue weighted by Crippen LogP contribution is -2.19. The molecule has 1 amide bonds. The summed E-state index contributed by atoms with van der Waals surface area (Å²) >= 11 is 6.53. The fourth-order valence-electron chi connectivity index (χ4n) is 1.90. The average molecular weight is 394 g/mol. The predicted octanol–water partition coefficient (Wildman–Crippen LogP) is 3.96. The van der Waals surface area contributed by atoms with Crippen molar-refractivity contribution in [3.63, 3.8) is 0 Å². The lowest BCUT2D eigenvalue weighted by molar-refractivity contribution is -0.118. The quantitative estimate of drug-likeness (QED) is 0.538. The maximum Gasteiger partial charge on any atom is 0.230 e. The number of aromatic nitrogens is 2. The van der Waals surface area contributed by atoms with Crippen molar-refractivity contribution in [3.8, 4) is 10.4 Å². The number of hydrogen-bond acceptors (Lipinski definition) is 5. The first-order valence-corrected chi connectivity index (χ1v) is 9.11. The Morgan fingerprint density at radius 1 is 1.32 bits per heavy atom. The largest absolute Gasteiger partial charge is 0.358 e. The highest BCUT2D eigenvalue weighted by Crippen LogP contribution is 2.37. The lowest BCUT2D eigenvalue weighted by atomic mass is 10.2. The van der Waals surface area contributed by atoms with Gasteiger partial charge in [0.15, 0.2) is 0 Å². The van der Waals surface area contributed by atoms with Crippen LogP contribution in [0.2, 0.25) is 0 Å². The minimum absolute atomic E-state index is 0.0125. The van der Waals surface area contributed by atoms with Gasteiger partial charge in [0, 0.05) is 16.4 Å². The summed E-state index contributed by atoms with van der Waals surface area (Å²) < 4.78 is 2.08. The molecule has 0 radical (unpaired) electrons. The average Bonchev–Trinajstić information content (AvgIpc) is 2.97. The van der Waals surface area contributed by atoms with Crippen molar-refractivity contribution in [1.82, 2.24) is 15.3 Å². The molecule has 112 valence electrons. The third-order valence-electron chi connectivity index (χ3n) is 3.03. The Labute approximate surface area is 144 Å². The molecule has 0 spiro atoms. The van der Waals surface area contributed by atoms with E-state index in [1.165, 1.54) is 11.8 Å². The number of fused-ring (bicyclic) bond motifs is 1. The molecular formula is C15H12BrN3OS2. The summed E-state index contributed by atoms with van der Waals surface area (Å²) in [5.41, 5.74) is 2.06. The standard InChI is InChI=1S/C15H12BrN3OS2/c1-17-13(20)7-21-15-14-11(18-8-19-15)6-12(22-14)9-2-4-10(16)5-3-9/h2-6,8H,7H2,1H3,(H,17,20). The van der Waals surface area contributed by atoms with Crippen LogP contribution >= 0.6 is 39.0 Å². The molecule has 4 nitrogen and oxygen atoms in total. The van der Waals surface area contributed by atoms with Gasteiger partial charge in [0.1, 0.15) is 11.4 Å².